The summed E-state index contributed by atoms with van der Waals surface area (Å²) >= 11 is 0. The molecule has 25 heavy (non-hydrogen) atoms. The van der Waals surface area contributed by atoms with E-state index in [2.05, 4.69) is 27.9 Å². The molecule has 0 aliphatic carbocycles. The molecule has 2 atom stereocenters. The van der Waals surface area contributed by atoms with Crippen molar-refractivity contribution in [1.82, 2.24) is 24.5 Å². The highest BCUT2D eigenvalue weighted by atomic mass is 16.2. The fourth-order valence-corrected chi connectivity index (χ4v) is 4.18. The molecule has 0 bridgehead atoms. The summed E-state index contributed by atoms with van der Waals surface area (Å²) in [6.07, 6.45) is 2.09. The van der Waals surface area contributed by atoms with Crippen molar-refractivity contribution in [2.45, 2.75) is 59.4 Å². The second kappa shape index (κ2) is 6.65. The van der Waals surface area contributed by atoms with Gasteiger partial charge < -0.3 is 4.90 Å². The number of hydrogen-bond donors (Lipinski definition) is 0. The van der Waals surface area contributed by atoms with Crippen molar-refractivity contribution < 1.29 is 4.79 Å². The highest BCUT2D eigenvalue weighted by Gasteiger charge is 2.31. The lowest BCUT2D eigenvalue weighted by atomic mass is 9.96. The van der Waals surface area contributed by atoms with E-state index in [0.717, 1.165) is 48.6 Å². The average molecular weight is 343 g/mol. The summed E-state index contributed by atoms with van der Waals surface area (Å²) < 4.78 is 3.96. The molecule has 0 spiro atoms. The molecule has 1 fully saturated rings. The number of nitrogens with zero attached hydrogens (tertiary/aromatic N) is 5. The first kappa shape index (κ1) is 17.7. The topological polar surface area (TPSA) is 56.0 Å². The van der Waals surface area contributed by atoms with Crippen LogP contribution in [0.2, 0.25) is 0 Å². The Hall–Kier alpha value is -2.11. The van der Waals surface area contributed by atoms with Crippen molar-refractivity contribution in [2.75, 3.05) is 13.1 Å². The third-order valence-corrected chi connectivity index (χ3v) is 5.47. The number of piperidine rings is 1. The lowest BCUT2D eigenvalue weighted by Crippen LogP contribution is -2.43. The van der Waals surface area contributed by atoms with Gasteiger partial charge in [-0.25, -0.2) is 0 Å². The predicted molar refractivity (Wildman–Crippen MR) is 97.6 cm³/mol. The first-order valence-electron chi connectivity index (χ1n) is 9.11. The number of carbonyl (C=O) groups excluding carboxylic acids is 1. The maximum Gasteiger partial charge on any atom is 0.230 e. The van der Waals surface area contributed by atoms with Crippen LogP contribution in [0.1, 0.15) is 60.1 Å². The van der Waals surface area contributed by atoms with Crippen molar-refractivity contribution in [1.29, 1.82) is 0 Å². The van der Waals surface area contributed by atoms with E-state index >= 15 is 0 Å². The normalized spacial score (nSPS) is 19.3. The molecular weight excluding hydrogens is 314 g/mol. The van der Waals surface area contributed by atoms with Gasteiger partial charge in [-0.1, -0.05) is 0 Å². The van der Waals surface area contributed by atoms with E-state index in [1.807, 2.05) is 44.3 Å². The van der Waals surface area contributed by atoms with Crippen LogP contribution < -0.4 is 0 Å². The summed E-state index contributed by atoms with van der Waals surface area (Å²) in [7, 11) is 1.93. The van der Waals surface area contributed by atoms with Gasteiger partial charge in [0.1, 0.15) is 0 Å². The van der Waals surface area contributed by atoms with Crippen LogP contribution in [0, 0.1) is 27.7 Å². The van der Waals surface area contributed by atoms with E-state index in [-0.39, 0.29) is 17.9 Å². The molecule has 0 N–H and O–H groups in total. The Labute approximate surface area is 149 Å². The van der Waals surface area contributed by atoms with Crippen LogP contribution in [0.3, 0.4) is 0 Å². The van der Waals surface area contributed by atoms with E-state index in [4.69, 9.17) is 0 Å². The van der Waals surface area contributed by atoms with Crippen LogP contribution in [0.15, 0.2) is 6.07 Å². The molecule has 0 unspecified atom stereocenters. The Kier molecular flexibility index (Phi) is 4.71. The van der Waals surface area contributed by atoms with Crippen molar-refractivity contribution in [2.24, 2.45) is 7.05 Å². The fourth-order valence-electron chi connectivity index (χ4n) is 4.18. The number of likely N-dealkylation sites (tertiary alicyclic amines) is 1. The quantitative estimate of drug-likeness (QED) is 0.861. The van der Waals surface area contributed by atoms with Gasteiger partial charge in [0.2, 0.25) is 5.91 Å². The van der Waals surface area contributed by atoms with Gasteiger partial charge in [-0.3, -0.25) is 14.2 Å². The molecule has 136 valence electrons. The van der Waals surface area contributed by atoms with E-state index < -0.39 is 0 Å². The second-order valence-corrected chi connectivity index (χ2v) is 7.38. The van der Waals surface area contributed by atoms with E-state index in [9.17, 15) is 4.79 Å². The maximum absolute atomic E-state index is 13.1. The standard InChI is InChI=1S/C19H29N5O/c1-12-10-13(2)24(20-12)17-8-7-9-23(11-17)19(25)14(3)18-15(4)21-22(6)16(18)5/h10,14,17H,7-9,11H2,1-6H3/t14-,17+/m1/s1. The SMILES string of the molecule is Cc1cc(C)n([C@H]2CCCN(C(=O)[C@H](C)c3c(C)nn(C)c3C)C2)n1. The minimum atomic E-state index is -0.159. The summed E-state index contributed by atoms with van der Waals surface area (Å²) in [4.78, 5) is 15.2. The molecular formula is C19H29N5O. The lowest BCUT2D eigenvalue weighted by molar-refractivity contribution is -0.134. The predicted octanol–water partition coefficient (Wildman–Crippen LogP) is 2.82. The number of carbonyl (C=O) groups is 1. The zero-order valence-electron chi connectivity index (χ0n) is 16.2. The molecule has 0 radical (unpaired) electrons. The van der Waals surface area contributed by atoms with Crippen molar-refractivity contribution in [3.8, 4) is 0 Å². The number of hydrogen-bond acceptors (Lipinski definition) is 3. The summed E-state index contributed by atoms with van der Waals surface area (Å²) in [6.45, 7) is 11.7. The van der Waals surface area contributed by atoms with Crippen LogP contribution in [0.25, 0.3) is 0 Å². The van der Waals surface area contributed by atoms with Gasteiger partial charge in [-0.15, -0.1) is 0 Å². The van der Waals surface area contributed by atoms with Gasteiger partial charge in [0, 0.05) is 37.1 Å². The van der Waals surface area contributed by atoms with Crippen LogP contribution in [0.4, 0.5) is 0 Å². The van der Waals surface area contributed by atoms with Gasteiger partial charge in [-0.05, 0) is 53.5 Å². The van der Waals surface area contributed by atoms with Gasteiger partial charge in [0.25, 0.3) is 0 Å². The first-order valence-corrected chi connectivity index (χ1v) is 9.11. The van der Waals surface area contributed by atoms with Crippen molar-refractivity contribution in [3.05, 3.63) is 34.4 Å². The zero-order chi connectivity index (χ0) is 18.3. The fraction of sp³-hybridized carbons (Fsp3) is 0.632. The van der Waals surface area contributed by atoms with Crippen LogP contribution in [0.5, 0.6) is 0 Å². The second-order valence-electron chi connectivity index (χ2n) is 7.38. The average Bonchev–Trinajstić information content (AvgIpc) is 3.04. The van der Waals surface area contributed by atoms with Gasteiger partial charge >= 0.3 is 0 Å². The van der Waals surface area contributed by atoms with Gasteiger partial charge in [0.05, 0.1) is 23.3 Å². The smallest absolute Gasteiger partial charge is 0.230 e. The maximum atomic E-state index is 13.1. The largest absolute Gasteiger partial charge is 0.340 e. The Morgan fingerprint density at radius 3 is 2.52 bits per heavy atom. The van der Waals surface area contributed by atoms with E-state index in [1.54, 1.807) is 0 Å². The minimum Gasteiger partial charge on any atom is -0.340 e. The molecule has 0 aromatic carbocycles. The van der Waals surface area contributed by atoms with Crippen LogP contribution in [-0.2, 0) is 11.8 Å². The third kappa shape index (κ3) is 3.22. The molecule has 1 aliphatic heterocycles. The Morgan fingerprint density at radius 2 is 1.96 bits per heavy atom. The van der Waals surface area contributed by atoms with Crippen LogP contribution >= 0.6 is 0 Å². The number of aryl methyl sites for hydroxylation is 4. The minimum absolute atomic E-state index is 0.159. The molecule has 1 aliphatic rings. The molecule has 1 amide bonds. The summed E-state index contributed by atoms with van der Waals surface area (Å²) in [5, 5.41) is 9.10. The monoisotopic (exact) mass is 343 g/mol. The van der Waals surface area contributed by atoms with Crippen LogP contribution in [-0.4, -0.2) is 43.5 Å². The summed E-state index contributed by atoms with van der Waals surface area (Å²) in [5.41, 5.74) is 5.30. The highest BCUT2D eigenvalue weighted by molar-refractivity contribution is 5.84. The molecule has 1 saturated heterocycles. The zero-order valence-corrected chi connectivity index (χ0v) is 16.2. The summed E-state index contributed by atoms with van der Waals surface area (Å²) in [5.74, 6) is 0.0401. The molecule has 0 saturated carbocycles. The number of amides is 1. The van der Waals surface area contributed by atoms with Crippen molar-refractivity contribution in [3.63, 3.8) is 0 Å². The highest BCUT2D eigenvalue weighted by Crippen LogP contribution is 2.28. The first-order chi connectivity index (χ1) is 11.8. The van der Waals surface area contributed by atoms with E-state index in [0.29, 0.717) is 0 Å². The van der Waals surface area contributed by atoms with Gasteiger partial charge in [-0.2, -0.15) is 10.2 Å². The molecule has 2 aromatic heterocycles. The molecule has 6 nitrogen and oxygen atoms in total. The Balaban J connectivity index is 1.79. The summed E-state index contributed by atoms with van der Waals surface area (Å²) in [6, 6.07) is 2.38. The Bertz CT molecular complexity index is 788. The molecule has 2 aromatic rings. The Morgan fingerprint density at radius 1 is 1.24 bits per heavy atom. The number of aromatic nitrogens is 4. The third-order valence-electron chi connectivity index (χ3n) is 5.47. The molecule has 3 rings (SSSR count). The lowest BCUT2D eigenvalue weighted by Gasteiger charge is -2.35. The van der Waals surface area contributed by atoms with Crippen molar-refractivity contribution >= 4 is 5.91 Å². The molecule has 3 heterocycles. The van der Waals surface area contributed by atoms with Gasteiger partial charge in [0.15, 0.2) is 0 Å². The van der Waals surface area contributed by atoms with E-state index in [1.165, 1.54) is 5.69 Å². The number of rotatable bonds is 3. The molecule has 6 heteroatoms.